The van der Waals surface area contributed by atoms with Crippen LogP contribution >= 0.6 is 0 Å². The van der Waals surface area contributed by atoms with Gasteiger partial charge < -0.3 is 21.3 Å². The van der Waals surface area contributed by atoms with Crippen LogP contribution in [0.4, 0.5) is 32.3 Å². The summed E-state index contributed by atoms with van der Waals surface area (Å²) in [7, 11) is 0. The monoisotopic (exact) mass is 438 g/mol. The summed E-state index contributed by atoms with van der Waals surface area (Å²) in [5, 5.41) is 11.1. The molecule has 8 nitrogen and oxygen atoms in total. The van der Waals surface area contributed by atoms with Gasteiger partial charge in [-0.1, -0.05) is 24.3 Å². The van der Waals surface area contributed by atoms with Gasteiger partial charge >= 0.3 is 12.1 Å². The summed E-state index contributed by atoms with van der Waals surface area (Å²) in [6.07, 6.45) is 7.19. The Hall–Kier alpha value is -4.72. The van der Waals surface area contributed by atoms with Crippen LogP contribution in [-0.4, -0.2) is 22.0 Å². The van der Waals surface area contributed by atoms with Crippen molar-refractivity contribution in [1.29, 1.82) is 0 Å². The SMILES string of the molecule is O=C(Nc1ccncc1)Nc1ccc(Cc2ccc(NC(=O)Nc3ccncc3)cc2)cc1. The molecule has 33 heavy (non-hydrogen) atoms. The molecule has 0 unspecified atom stereocenters. The molecular weight excluding hydrogens is 416 g/mol. The smallest absolute Gasteiger partial charge is 0.308 e. The fourth-order valence-corrected chi connectivity index (χ4v) is 3.10. The number of amides is 4. The molecule has 2 heterocycles. The molecule has 164 valence electrons. The van der Waals surface area contributed by atoms with E-state index in [2.05, 4.69) is 31.2 Å². The van der Waals surface area contributed by atoms with Gasteiger partial charge in [0.1, 0.15) is 0 Å². The summed E-state index contributed by atoms with van der Waals surface area (Å²) in [6.45, 7) is 0. The molecule has 4 rings (SSSR count). The van der Waals surface area contributed by atoms with Crippen molar-refractivity contribution in [1.82, 2.24) is 9.97 Å². The second kappa shape index (κ2) is 10.5. The Kier molecular flexibility index (Phi) is 6.87. The van der Waals surface area contributed by atoms with Crippen LogP contribution in [0.1, 0.15) is 11.1 Å². The molecule has 0 atom stereocenters. The van der Waals surface area contributed by atoms with E-state index in [1.807, 2.05) is 48.5 Å². The quantitative estimate of drug-likeness (QED) is 0.325. The predicted octanol–water partition coefficient (Wildman–Crippen LogP) is 5.36. The van der Waals surface area contributed by atoms with Crippen LogP contribution in [0.2, 0.25) is 0 Å². The van der Waals surface area contributed by atoms with Crippen molar-refractivity contribution in [2.75, 3.05) is 21.3 Å². The van der Waals surface area contributed by atoms with Gasteiger partial charge in [-0.2, -0.15) is 0 Å². The van der Waals surface area contributed by atoms with Crippen LogP contribution in [0.3, 0.4) is 0 Å². The van der Waals surface area contributed by atoms with Crippen LogP contribution in [0.25, 0.3) is 0 Å². The Morgan fingerprint density at radius 3 is 1.12 bits per heavy atom. The van der Waals surface area contributed by atoms with Gasteiger partial charge in [0.15, 0.2) is 0 Å². The van der Waals surface area contributed by atoms with Gasteiger partial charge in [0.25, 0.3) is 0 Å². The van der Waals surface area contributed by atoms with Crippen molar-refractivity contribution >= 4 is 34.8 Å². The molecule has 2 aromatic heterocycles. The highest BCUT2D eigenvalue weighted by Gasteiger charge is 2.05. The maximum absolute atomic E-state index is 12.1. The minimum atomic E-state index is -0.315. The fraction of sp³-hybridized carbons (Fsp3) is 0.0400. The molecule has 0 saturated heterocycles. The Bertz CT molecular complexity index is 1100. The number of carbonyl (C=O) groups excluding carboxylic acids is 2. The summed E-state index contributed by atoms with van der Waals surface area (Å²) in [6, 6.07) is 21.6. The first kappa shape index (κ1) is 21.5. The zero-order chi connectivity index (χ0) is 22.9. The van der Waals surface area contributed by atoms with E-state index >= 15 is 0 Å². The van der Waals surface area contributed by atoms with Crippen molar-refractivity contribution in [3.63, 3.8) is 0 Å². The summed E-state index contributed by atoms with van der Waals surface area (Å²) >= 11 is 0. The maximum Gasteiger partial charge on any atom is 0.323 e. The predicted molar refractivity (Wildman–Crippen MR) is 129 cm³/mol. The topological polar surface area (TPSA) is 108 Å². The van der Waals surface area contributed by atoms with Crippen molar-refractivity contribution in [3.8, 4) is 0 Å². The Morgan fingerprint density at radius 2 is 0.788 bits per heavy atom. The second-order valence-corrected chi connectivity index (χ2v) is 7.20. The first-order chi connectivity index (χ1) is 16.1. The summed E-state index contributed by atoms with van der Waals surface area (Å²) < 4.78 is 0. The van der Waals surface area contributed by atoms with Gasteiger partial charge in [0.05, 0.1) is 0 Å². The maximum atomic E-state index is 12.1. The second-order valence-electron chi connectivity index (χ2n) is 7.20. The number of nitrogens with zero attached hydrogens (tertiary/aromatic N) is 2. The zero-order valence-corrected chi connectivity index (χ0v) is 17.7. The Morgan fingerprint density at radius 1 is 0.485 bits per heavy atom. The Labute approximate surface area is 191 Å². The van der Waals surface area contributed by atoms with E-state index in [0.29, 0.717) is 22.7 Å². The van der Waals surface area contributed by atoms with Crippen LogP contribution < -0.4 is 21.3 Å². The van der Waals surface area contributed by atoms with Crippen molar-refractivity contribution in [2.24, 2.45) is 0 Å². The van der Waals surface area contributed by atoms with E-state index in [-0.39, 0.29) is 12.1 Å². The molecule has 0 saturated carbocycles. The van der Waals surface area contributed by atoms with E-state index in [0.717, 1.165) is 17.5 Å². The van der Waals surface area contributed by atoms with Gasteiger partial charge in [0.2, 0.25) is 0 Å². The average Bonchev–Trinajstić information content (AvgIpc) is 2.83. The number of nitrogens with one attached hydrogen (secondary N) is 4. The van der Waals surface area contributed by atoms with Gasteiger partial charge in [-0.15, -0.1) is 0 Å². The largest absolute Gasteiger partial charge is 0.323 e. The number of aromatic nitrogens is 2. The zero-order valence-electron chi connectivity index (χ0n) is 17.7. The van der Waals surface area contributed by atoms with Crippen LogP contribution in [0.5, 0.6) is 0 Å². The molecule has 4 amide bonds. The molecular formula is C25H22N6O2. The third kappa shape index (κ3) is 6.63. The van der Waals surface area contributed by atoms with Crippen molar-refractivity contribution < 1.29 is 9.59 Å². The molecule has 4 N–H and O–H groups in total. The number of carbonyl (C=O) groups is 2. The summed E-state index contributed by atoms with van der Waals surface area (Å²) in [5.41, 5.74) is 4.95. The van der Waals surface area contributed by atoms with Crippen LogP contribution in [0, 0.1) is 0 Å². The molecule has 0 fully saturated rings. The van der Waals surface area contributed by atoms with Crippen molar-refractivity contribution in [3.05, 3.63) is 109 Å². The van der Waals surface area contributed by atoms with E-state index in [4.69, 9.17) is 0 Å². The average molecular weight is 438 g/mol. The molecule has 4 aromatic rings. The first-order valence-electron chi connectivity index (χ1n) is 10.3. The van der Waals surface area contributed by atoms with Crippen LogP contribution in [-0.2, 0) is 6.42 Å². The van der Waals surface area contributed by atoms with Gasteiger partial charge in [-0.05, 0) is 66.1 Å². The van der Waals surface area contributed by atoms with Crippen LogP contribution in [0.15, 0.2) is 97.6 Å². The molecule has 2 aromatic carbocycles. The third-order valence-electron chi connectivity index (χ3n) is 4.71. The molecule has 8 heteroatoms. The highest BCUT2D eigenvalue weighted by molar-refractivity contribution is 6.00. The highest BCUT2D eigenvalue weighted by atomic mass is 16.2. The lowest BCUT2D eigenvalue weighted by atomic mass is 10.0. The standard InChI is InChI=1S/C25H22N6O2/c32-24(30-22-9-13-26-14-10-22)28-20-5-1-18(2-6-20)17-19-3-7-21(8-4-19)29-25(33)31-23-11-15-27-16-12-23/h1-16H,17H2,(H2,26,28,30,32)(H2,27,29,31,33). The highest BCUT2D eigenvalue weighted by Crippen LogP contribution is 2.17. The lowest BCUT2D eigenvalue weighted by Gasteiger charge is -2.09. The molecule has 0 aliphatic carbocycles. The molecule has 0 aliphatic heterocycles. The van der Waals surface area contributed by atoms with Gasteiger partial charge in [-0.3, -0.25) is 9.97 Å². The number of hydrogen-bond donors (Lipinski definition) is 4. The number of rotatable bonds is 6. The molecule has 0 radical (unpaired) electrons. The Balaban J connectivity index is 1.27. The van der Waals surface area contributed by atoms with Crippen molar-refractivity contribution in [2.45, 2.75) is 6.42 Å². The lowest BCUT2D eigenvalue weighted by molar-refractivity contribution is 0.261. The van der Waals surface area contributed by atoms with E-state index < -0.39 is 0 Å². The fourth-order valence-electron chi connectivity index (χ4n) is 3.10. The third-order valence-corrected chi connectivity index (χ3v) is 4.71. The minimum absolute atomic E-state index is 0.315. The summed E-state index contributed by atoms with van der Waals surface area (Å²) in [5.74, 6) is 0. The molecule has 0 spiro atoms. The number of benzene rings is 2. The van der Waals surface area contributed by atoms with E-state index in [1.54, 1.807) is 49.1 Å². The van der Waals surface area contributed by atoms with E-state index in [1.165, 1.54) is 0 Å². The van der Waals surface area contributed by atoms with Gasteiger partial charge in [-0.25, -0.2) is 9.59 Å². The summed E-state index contributed by atoms with van der Waals surface area (Å²) in [4.78, 5) is 32.0. The minimum Gasteiger partial charge on any atom is -0.308 e. The normalized spacial score (nSPS) is 10.2. The van der Waals surface area contributed by atoms with E-state index in [9.17, 15) is 9.59 Å². The number of hydrogen-bond acceptors (Lipinski definition) is 4. The number of urea groups is 2. The van der Waals surface area contributed by atoms with Gasteiger partial charge in [0, 0.05) is 47.5 Å². The number of anilines is 4. The lowest BCUT2D eigenvalue weighted by Crippen LogP contribution is -2.19. The number of pyridine rings is 2. The molecule has 0 bridgehead atoms. The molecule has 0 aliphatic rings. The first-order valence-corrected chi connectivity index (χ1v) is 10.3.